The number of aliphatic hydroxyl groups excluding tert-OH is 7. The lowest BCUT2D eigenvalue weighted by Crippen LogP contribution is -2.60. The third-order valence-corrected chi connectivity index (χ3v) is 9.66. The molecular formula is C37H73NO10. The number of unbranched alkanes of at least 4 members (excludes halogenated alkanes) is 19. The van der Waals surface area contributed by atoms with Gasteiger partial charge < -0.3 is 50.5 Å². The Hall–Kier alpha value is -0.890. The van der Waals surface area contributed by atoms with Crippen LogP contribution >= 0.6 is 0 Å². The smallest absolute Gasteiger partial charge is 0.249 e. The Morgan fingerprint density at radius 3 is 1.54 bits per heavy atom. The Kier molecular flexibility index (Phi) is 27.0. The zero-order valence-corrected chi connectivity index (χ0v) is 30.2. The van der Waals surface area contributed by atoms with Crippen LogP contribution in [0.2, 0.25) is 0 Å². The van der Waals surface area contributed by atoms with Crippen LogP contribution in [0.4, 0.5) is 0 Å². The quantitative estimate of drug-likeness (QED) is 0.0485. The van der Waals surface area contributed by atoms with Crippen LogP contribution < -0.4 is 5.32 Å². The van der Waals surface area contributed by atoms with E-state index in [4.69, 9.17) is 9.47 Å². The fraction of sp³-hybridized carbons (Fsp3) is 0.973. The molecule has 0 aromatic carbocycles. The Morgan fingerprint density at radius 2 is 1.08 bits per heavy atom. The molecule has 9 unspecified atom stereocenters. The van der Waals surface area contributed by atoms with Gasteiger partial charge in [-0.05, 0) is 12.8 Å². The molecule has 1 amide bonds. The second-order valence-electron chi connectivity index (χ2n) is 14.0. The summed E-state index contributed by atoms with van der Waals surface area (Å²) in [5.74, 6) is -0.701. The average molecular weight is 692 g/mol. The van der Waals surface area contributed by atoms with E-state index >= 15 is 0 Å². The van der Waals surface area contributed by atoms with Crippen LogP contribution in [-0.2, 0) is 14.3 Å². The summed E-state index contributed by atoms with van der Waals surface area (Å²) in [6.45, 7) is 3.31. The van der Waals surface area contributed by atoms with Crippen molar-refractivity contribution in [2.45, 2.75) is 217 Å². The van der Waals surface area contributed by atoms with Crippen LogP contribution in [0.15, 0.2) is 0 Å². The van der Waals surface area contributed by atoms with Gasteiger partial charge in [-0.2, -0.15) is 0 Å². The second kappa shape index (κ2) is 28.8. The summed E-state index contributed by atoms with van der Waals surface area (Å²) in [5, 5.41) is 74.7. The Labute approximate surface area is 290 Å². The molecule has 0 aromatic rings. The van der Waals surface area contributed by atoms with Crippen LogP contribution in [0.5, 0.6) is 0 Å². The van der Waals surface area contributed by atoms with Crippen molar-refractivity contribution >= 4 is 5.91 Å². The van der Waals surface area contributed by atoms with Crippen molar-refractivity contribution in [2.75, 3.05) is 13.2 Å². The maximum Gasteiger partial charge on any atom is 0.249 e. The molecule has 48 heavy (non-hydrogen) atoms. The van der Waals surface area contributed by atoms with Crippen molar-refractivity contribution in [3.63, 3.8) is 0 Å². The molecule has 286 valence electrons. The van der Waals surface area contributed by atoms with Crippen molar-refractivity contribution in [3.05, 3.63) is 0 Å². The molecule has 0 saturated carbocycles. The first-order valence-corrected chi connectivity index (χ1v) is 19.4. The van der Waals surface area contributed by atoms with Gasteiger partial charge in [0.1, 0.15) is 36.6 Å². The van der Waals surface area contributed by atoms with Gasteiger partial charge in [-0.3, -0.25) is 4.79 Å². The molecule has 0 bridgehead atoms. The van der Waals surface area contributed by atoms with Gasteiger partial charge in [-0.25, -0.2) is 0 Å². The number of hydrogen-bond acceptors (Lipinski definition) is 10. The average Bonchev–Trinajstić information content (AvgIpc) is 3.08. The number of carbonyl (C=O) groups is 1. The number of hydrogen-bond donors (Lipinski definition) is 8. The lowest BCUT2D eigenvalue weighted by atomic mass is 9.98. The Bertz CT molecular complexity index is 760. The Balaban J connectivity index is 2.44. The summed E-state index contributed by atoms with van der Waals surface area (Å²) in [6, 6.07) is -1.16. The highest BCUT2D eigenvalue weighted by Gasteiger charge is 2.44. The number of nitrogens with one attached hydrogen (secondary N) is 1. The summed E-state index contributed by atoms with van der Waals surface area (Å²) in [7, 11) is 0. The van der Waals surface area contributed by atoms with Crippen molar-refractivity contribution in [1.29, 1.82) is 0 Å². The highest BCUT2D eigenvalue weighted by Crippen LogP contribution is 2.23. The zero-order valence-electron chi connectivity index (χ0n) is 30.2. The van der Waals surface area contributed by atoms with Crippen LogP contribution in [-0.4, -0.2) is 110 Å². The topological polar surface area (TPSA) is 189 Å². The van der Waals surface area contributed by atoms with Gasteiger partial charge in [0.2, 0.25) is 5.91 Å². The van der Waals surface area contributed by atoms with Gasteiger partial charge >= 0.3 is 0 Å². The van der Waals surface area contributed by atoms with Crippen molar-refractivity contribution < 1.29 is 50.0 Å². The maximum absolute atomic E-state index is 12.9. The lowest BCUT2D eigenvalue weighted by Gasteiger charge is -2.40. The standard InChI is InChI=1S/C37H73NO10/c1-3-5-7-9-10-11-12-13-14-15-16-17-18-19-21-23-25-30(41)36(46)38-28(32(42)29(40)24-22-20-8-6-4-2)27-47-37-35(45)34(44)33(43)31(26-39)48-37/h28-35,37,39-45H,3-27H2,1-2H3,(H,38,46). The van der Waals surface area contributed by atoms with E-state index in [0.717, 1.165) is 44.9 Å². The molecule has 0 aromatic heterocycles. The molecule has 0 aliphatic carbocycles. The first kappa shape index (κ1) is 45.1. The summed E-state index contributed by atoms with van der Waals surface area (Å²) in [6.07, 6.45) is 13.6. The molecule has 1 fully saturated rings. The van der Waals surface area contributed by atoms with E-state index in [-0.39, 0.29) is 6.42 Å². The van der Waals surface area contributed by atoms with E-state index in [9.17, 15) is 40.5 Å². The van der Waals surface area contributed by atoms with Crippen LogP contribution in [0, 0.1) is 0 Å². The van der Waals surface area contributed by atoms with Gasteiger partial charge in [0, 0.05) is 0 Å². The molecule has 0 spiro atoms. The van der Waals surface area contributed by atoms with E-state index < -0.39 is 74.2 Å². The molecule has 9 atom stereocenters. The molecule has 0 radical (unpaired) electrons. The van der Waals surface area contributed by atoms with Crippen LogP contribution in [0.25, 0.3) is 0 Å². The molecule has 11 nitrogen and oxygen atoms in total. The highest BCUT2D eigenvalue weighted by molar-refractivity contribution is 5.80. The van der Waals surface area contributed by atoms with Crippen molar-refractivity contribution in [3.8, 4) is 0 Å². The minimum atomic E-state index is -1.65. The lowest BCUT2D eigenvalue weighted by molar-refractivity contribution is -0.303. The first-order chi connectivity index (χ1) is 23.2. The van der Waals surface area contributed by atoms with E-state index in [1.54, 1.807) is 0 Å². The summed E-state index contributed by atoms with van der Waals surface area (Å²) in [5.41, 5.74) is 0. The predicted octanol–water partition coefficient (Wildman–Crippen LogP) is 4.38. The Morgan fingerprint density at radius 1 is 0.646 bits per heavy atom. The molecule has 1 heterocycles. The predicted molar refractivity (Wildman–Crippen MR) is 187 cm³/mol. The zero-order chi connectivity index (χ0) is 35.6. The first-order valence-electron chi connectivity index (χ1n) is 19.4. The van der Waals surface area contributed by atoms with Gasteiger partial charge in [0.15, 0.2) is 6.29 Å². The monoisotopic (exact) mass is 692 g/mol. The van der Waals surface area contributed by atoms with Crippen molar-refractivity contribution in [2.24, 2.45) is 0 Å². The minimum absolute atomic E-state index is 0.265. The highest BCUT2D eigenvalue weighted by atomic mass is 16.7. The number of ether oxygens (including phenoxy) is 2. The van der Waals surface area contributed by atoms with Gasteiger partial charge in [-0.15, -0.1) is 0 Å². The number of carbonyl (C=O) groups excluding carboxylic acids is 1. The largest absolute Gasteiger partial charge is 0.394 e. The fourth-order valence-corrected chi connectivity index (χ4v) is 6.32. The molecule has 1 aliphatic rings. The molecule has 8 N–H and O–H groups in total. The summed E-state index contributed by atoms with van der Waals surface area (Å²) >= 11 is 0. The summed E-state index contributed by atoms with van der Waals surface area (Å²) in [4.78, 5) is 12.9. The minimum Gasteiger partial charge on any atom is -0.394 e. The molecule has 1 saturated heterocycles. The van der Waals surface area contributed by atoms with E-state index in [2.05, 4.69) is 19.2 Å². The van der Waals surface area contributed by atoms with E-state index in [1.807, 2.05) is 0 Å². The SMILES string of the molecule is CCCCCCCCCCCCCCCCCCC(O)C(=O)NC(COC1OC(CO)C(O)C(O)C1O)C(O)C(O)CCCCCCC. The third-order valence-electron chi connectivity index (χ3n) is 9.66. The van der Waals surface area contributed by atoms with Crippen LogP contribution in [0.1, 0.15) is 162 Å². The van der Waals surface area contributed by atoms with E-state index in [0.29, 0.717) is 19.3 Å². The molecule has 11 heteroatoms. The maximum atomic E-state index is 12.9. The molecule has 1 rings (SSSR count). The fourth-order valence-electron chi connectivity index (χ4n) is 6.32. The third kappa shape index (κ3) is 19.5. The van der Waals surface area contributed by atoms with Crippen LogP contribution in [0.3, 0.4) is 0 Å². The van der Waals surface area contributed by atoms with Gasteiger partial charge in [0.05, 0.1) is 25.4 Å². The second-order valence-corrected chi connectivity index (χ2v) is 14.0. The normalized spacial score (nSPS) is 23.9. The number of aliphatic hydroxyl groups is 7. The van der Waals surface area contributed by atoms with Crippen molar-refractivity contribution in [1.82, 2.24) is 5.32 Å². The summed E-state index contributed by atoms with van der Waals surface area (Å²) < 4.78 is 11.0. The molecular weight excluding hydrogens is 618 g/mol. The molecule has 1 aliphatic heterocycles. The van der Waals surface area contributed by atoms with Gasteiger partial charge in [0.25, 0.3) is 0 Å². The number of rotatable bonds is 31. The van der Waals surface area contributed by atoms with E-state index in [1.165, 1.54) is 77.0 Å². The number of amides is 1. The van der Waals surface area contributed by atoms with Gasteiger partial charge in [-0.1, -0.05) is 149 Å².